The van der Waals surface area contributed by atoms with Crippen molar-refractivity contribution >= 4 is 36.6 Å². The maximum atomic E-state index is 6.09. The van der Waals surface area contributed by atoms with Crippen molar-refractivity contribution in [3.05, 3.63) is 83.4 Å². The average molecular weight is 401 g/mol. The van der Waals surface area contributed by atoms with Crippen LogP contribution in [0.1, 0.15) is 29.7 Å². The molecule has 0 atom stereocenters. The van der Waals surface area contributed by atoms with E-state index in [9.17, 15) is 0 Å². The van der Waals surface area contributed by atoms with Crippen molar-refractivity contribution < 1.29 is 4.42 Å². The third-order valence-corrected chi connectivity index (χ3v) is 4.47. The van der Waals surface area contributed by atoms with Gasteiger partial charge >= 0.3 is 0 Å². The van der Waals surface area contributed by atoms with Crippen LogP contribution in [0.5, 0.6) is 0 Å². The molecule has 2 aromatic heterocycles. The van der Waals surface area contributed by atoms with Crippen molar-refractivity contribution in [3.8, 4) is 11.3 Å². The van der Waals surface area contributed by atoms with E-state index >= 15 is 0 Å². The Morgan fingerprint density at radius 3 is 2.63 bits per heavy atom. The van der Waals surface area contributed by atoms with Crippen LogP contribution in [0.2, 0.25) is 0 Å². The van der Waals surface area contributed by atoms with Crippen molar-refractivity contribution in [2.75, 3.05) is 6.54 Å². The van der Waals surface area contributed by atoms with Gasteiger partial charge in [0.25, 0.3) is 0 Å². The number of aromatic nitrogens is 1. The fourth-order valence-electron chi connectivity index (χ4n) is 3.20. The Bertz CT molecular complexity index is 946. The van der Waals surface area contributed by atoms with Gasteiger partial charge in [0.1, 0.15) is 11.5 Å². The first-order chi connectivity index (χ1) is 12.3. The van der Waals surface area contributed by atoms with Gasteiger partial charge in [-0.15, -0.1) is 24.8 Å². The summed E-state index contributed by atoms with van der Waals surface area (Å²) in [7, 11) is 0. The van der Waals surface area contributed by atoms with Gasteiger partial charge in [0.05, 0.1) is 5.71 Å². The summed E-state index contributed by atoms with van der Waals surface area (Å²) >= 11 is 0. The molecule has 0 amide bonds. The number of hydrogen-bond donors (Lipinski definition) is 0. The van der Waals surface area contributed by atoms with Crippen LogP contribution in [0.4, 0.5) is 0 Å². The molecule has 0 radical (unpaired) electrons. The largest absolute Gasteiger partial charge is 0.457 e. The van der Waals surface area contributed by atoms with E-state index in [1.165, 1.54) is 11.1 Å². The van der Waals surface area contributed by atoms with E-state index in [0.717, 1.165) is 47.7 Å². The van der Waals surface area contributed by atoms with Gasteiger partial charge in [0, 0.05) is 30.1 Å². The fourth-order valence-corrected chi connectivity index (χ4v) is 3.20. The number of allylic oxidation sites excluding steroid dienone is 1. The molecular formula is C22H22Cl2N2O. The SMILES string of the molecule is Cc1ccccc1-c1ccc(/C=C2/CCCN=C2c2cccnc2)o1.Cl.Cl. The predicted octanol–water partition coefficient (Wildman–Crippen LogP) is 6.16. The van der Waals surface area contributed by atoms with Gasteiger partial charge < -0.3 is 4.42 Å². The van der Waals surface area contributed by atoms with E-state index in [1.807, 2.05) is 36.5 Å². The van der Waals surface area contributed by atoms with Crippen LogP contribution in [-0.2, 0) is 0 Å². The third-order valence-electron chi connectivity index (χ3n) is 4.47. The summed E-state index contributed by atoms with van der Waals surface area (Å²) in [5.41, 5.74) is 5.67. The number of furan rings is 1. The third kappa shape index (κ3) is 4.68. The van der Waals surface area contributed by atoms with Crippen molar-refractivity contribution in [3.63, 3.8) is 0 Å². The van der Waals surface area contributed by atoms with E-state index in [1.54, 1.807) is 6.20 Å². The predicted molar refractivity (Wildman–Crippen MR) is 116 cm³/mol. The monoisotopic (exact) mass is 400 g/mol. The highest BCUT2D eigenvalue weighted by Gasteiger charge is 2.15. The lowest BCUT2D eigenvalue weighted by Gasteiger charge is -2.15. The standard InChI is InChI=1S/C22H20N2O.2ClH/c1-16-6-2-3-9-20(16)21-11-10-19(25-21)14-17-7-5-13-24-22(17)18-8-4-12-23-15-18;;/h2-4,6,8-12,14-15H,5,7,13H2,1H3;2*1H/b17-14-;;. The molecule has 0 saturated carbocycles. The molecule has 0 saturated heterocycles. The maximum Gasteiger partial charge on any atom is 0.135 e. The van der Waals surface area contributed by atoms with Crippen LogP contribution in [-0.4, -0.2) is 17.2 Å². The highest BCUT2D eigenvalue weighted by Crippen LogP contribution is 2.28. The summed E-state index contributed by atoms with van der Waals surface area (Å²) in [5.74, 6) is 1.77. The van der Waals surface area contributed by atoms with Gasteiger partial charge in [-0.1, -0.05) is 24.3 Å². The lowest BCUT2D eigenvalue weighted by atomic mass is 9.96. The quantitative estimate of drug-likeness (QED) is 0.527. The molecule has 1 aliphatic rings. The van der Waals surface area contributed by atoms with Crippen molar-refractivity contribution in [1.29, 1.82) is 0 Å². The van der Waals surface area contributed by atoms with E-state index in [0.29, 0.717) is 0 Å². The summed E-state index contributed by atoms with van der Waals surface area (Å²) < 4.78 is 6.09. The molecule has 140 valence electrons. The first-order valence-electron chi connectivity index (χ1n) is 8.63. The molecule has 3 heterocycles. The Morgan fingerprint density at radius 2 is 1.85 bits per heavy atom. The van der Waals surface area contributed by atoms with Crippen molar-refractivity contribution in [2.45, 2.75) is 19.8 Å². The zero-order valence-electron chi connectivity index (χ0n) is 15.1. The summed E-state index contributed by atoms with van der Waals surface area (Å²) in [4.78, 5) is 8.95. The second kappa shape index (κ2) is 9.54. The average Bonchev–Trinajstić information content (AvgIpc) is 3.11. The van der Waals surface area contributed by atoms with Crippen LogP contribution >= 0.6 is 24.8 Å². The minimum atomic E-state index is 0. The van der Waals surface area contributed by atoms with E-state index in [-0.39, 0.29) is 24.8 Å². The Morgan fingerprint density at radius 1 is 1.00 bits per heavy atom. The molecule has 0 spiro atoms. The molecule has 0 fully saturated rings. The van der Waals surface area contributed by atoms with Crippen LogP contribution in [0.15, 0.2) is 75.9 Å². The summed E-state index contributed by atoms with van der Waals surface area (Å²) in [5, 5.41) is 0. The lowest BCUT2D eigenvalue weighted by Crippen LogP contribution is -2.11. The number of aliphatic imine (C=N–C) groups is 1. The molecule has 0 aliphatic carbocycles. The number of rotatable bonds is 3. The highest BCUT2D eigenvalue weighted by molar-refractivity contribution is 6.15. The molecule has 4 rings (SSSR count). The fraction of sp³-hybridized carbons (Fsp3) is 0.182. The lowest BCUT2D eigenvalue weighted by molar-refractivity contribution is 0.570. The molecule has 0 N–H and O–H groups in total. The van der Waals surface area contributed by atoms with Gasteiger partial charge in [0.15, 0.2) is 0 Å². The molecule has 3 nitrogen and oxygen atoms in total. The van der Waals surface area contributed by atoms with Crippen LogP contribution in [0, 0.1) is 6.92 Å². The number of aryl methyl sites for hydroxylation is 1. The maximum absolute atomic E-state index is 6.09. The molecule has 3 aromatic rings. The topological polar surface area (TPSA) is 38.4 Å². The van der Waals surface area contributed by atoms with Gasteiger partial charge in [-0.05, 0) is 61.2 Å². The summed E-state index contributed by atoms with van der Waals surface area (Å²) in [6.45, 7) is 2.97. The van der Waals surface area contributed by atoms with Crippen LogP contribution in [0.3, 0.4) is 0 Å². The van der Waals surface area contributed by atoms with Gasteiger partial charge in [0.2, 0.25) is 0 Å². The van der Waals surface area contributed by atoms with E-state index < -0.39 is 0 Å². The number of benzene rings is 1. The molecule has 1 aliphatic heterocycles. The van der Waals surface area contributed by atoms with Gasteiger partial charge in [-0.2, -0.15) is 0 Å². The number of nitrogens with zero attached hydrogens (tertiary/aromatic N) is 2. The molecular weight excluding hydrogens is 379 g/mol. The van der Waals surface area contributed by atoms with Crippen molar-refractivity contribution in [1.82, 2.24) is 4.98 Å². The highest BCUT2D eigenvalue weighted by atomic mass is 35.5. The van der Waals surface area contributed by atoms with Crippen LogP contribution in [0.25, 0.3) is 17.4 Å². The summed E-state index contributed by atoms with van der Waals surface area (Å²) in [6, 6.07) is 16.4. The minimum Gasteiger partial charge on any atom is -0.457 e. The van der Waals surface area contributed by atoms with E-state index in [4.69, 9.17) is 9.41 Å². The molecule has 27 heavy (non-hydrogen) atoms. The zero-order valence-corrected chi connectivity index (χ0v) is 16.7. The second-order valence-corrected chi connectivity index (χ2v) is 6.26. The minimum absolute atomic E-state index is 0. The first kappa shape index (κ1) is 20.9. The van der Waals surface area contributed by atoms with Gasteiger partial charge in [-0.25, -0.2) is 0 Å². The Kier molecular flexibility index (Phi) is 7.40. The number of halogens is 2. The van der Waals surface area contributed by atoms with E-state index in [2.05, 4.69) is 36.2 Å². The second-order valence-electron chi connectivity index (χ2n) is 6.26. The normalized spacial score (nSPS) is 14.9. The molecule has 1 aromatic carbocycles. The number of pyridine rings is 1. The Hall–Kier alpha value is -2.36. The smallest absolute Gasteiger partial charge is 0.135 e. The summed E-state index contributed by atoms with van der Waals surface area (Å²) in [6.07, 6.45) is 7.86. The Labute approximate surface area is 172 Å². The number of hydrogen-bond acceptors (Lipinski definition) is 3. The zero-order chi connectivity index (χ0) is 17.1. The van der Waals surface area contributed by atoms with Crippen molar-refractivity contribution in [2.24, 2.45) is 4.99 Å². The first-order valence-corrected chi connectivity index (χ1v) is 8.63. The van der Waals surface area contributed by atoms with Crippen LogP contribution < -0.4 is 0 Å². The molecule has 0 bridgehead atoms. The molecule has 0 unspecified atom stereocenters. The Balaban J connectivity index is 0.00000131. The van der Waals surface area contributed by atoms with Gasteiger partial charge in [-0.3, -0.25) is 9.98 Å². The molecule has 5 heteroatoms.